The third-order valence-electron chi connectivity index (χ3n) is 5.22. The smallest absolute Gasteiger partial charge is 0.321 e. The van der Waals surface area contributed by atoms with Gasteiger partial charge in [-0.25, -0.2) is 4.79 Å². The van der Waals surface area contributed by atoms with Crippen LogP contribution in [0.25, 0.3) is 10.9 Å². The maximum absolute atomic E-state index is 12.6. The summed E-state index contributed by atoms with van der Waals surface area (Å²) in [5.74, 6) is 0.391. The third-order valence-corrected chi connectivity index (χ3v) is 5.55. The van der Waals surface area contributed by atoms with Crippen LogP contribution >= 0.6 is 11.6 Å². The number of rotatable bonds is 4. The fourth-order valence-electron chi connectivity index (χ4n) is 3.54. The van der Waals surface area contributed by atoms with Crippen molar-refractivity contribution in [3.05, 3.63) is 65.3 Å². The van der Waals surface area contributed by atoms with Gasteiger partial charge >= 0.3 is 6.03 Å². The van der Waals surface area contributed by atoms with Crippen LogP contribution in [0, 0.1) is 6.92 Å². The van der Waals surface area contributed by atoms with Crippen molar-refractivity contribution in [2.24, 2.45) is 0 Å². The van der Waals surface area contributed by atoms with Crippen molar-refractivity contribution in [3.63, 3.8) is 0 Å². The minimum atomic E-state index is -0.160. The van der Waals surface area contributed by atoms with Gasteiger partial charge in [-0.1, -0.05) is 23.7 Å². The number of aryl methyl sites for hydroxylation is 1. The molecule has 2 heterocycles. The number of urea groups is 1. The van der Waals surface area contributed by atoms with E-state index in [4.69, 9.17) is 16.3 Å². The molecule has 1 saturated heterocycles. The second-order valence-electron chi connectivity index (χ2n) is 7.40. The highest BCUT2D eigenvalue weighted by Crippen LogP contribution is 2.29. The lowest BCUT2D eigenvalue weighted by atomic mass is 10.2. The number of anilines is 1. The molecule has 0 unspecified atom stereocenters. The Hall–Kier alpha value is -3.32. The highest BCUT2D eigenvalue weighted by atomic mass is 35.5. The van der Waals surface area contributed by atoms with Crippen LogP contribution < -0.4 is 10.1 Å². The topological polar surface area (TPSA) is 74.8 Å². The maximum atomic E-state index is 12.6. The fraction of sp³-hybridized carbons (Fsp3) is 0.261. The van der Waals surface area contributed by atoms with E-state index >= 15 is 0 Å². The first kappa shape index (κ1) is 20.9. The monoisotopic (exact) mass is 438 g/mol. The van der Waals surface area contributed by atoms with Crippen molar-refractivity contribution in [1.29, 1.82) is 0 Å². The zero-order valence-electron chi connectivity index (χ0n) is 17.2. The van der Waals surface area contributed by atoms with Gasteiger partial charge in [-0.05, 0) is 48.9 Å². The van der Waals surface area contributed by atoms with Gasteiger partial charge in [0.2, 0.25) is 0 Å². The molecule has 7 nitrogen and oxygen atoms in total. The summed E-state index contributed by atoms with van der Waals surface area (Å²) in [5, 5.41) is 4.27. The number of piperazine rings is 1. The number of pyridine rings is 1. The number of halogens is 1. The number of amides is 3. The Morgan fingerprint density at radius 3 is 2.61 bits per heavy atom. The Morgan fingerprint density at radius 2 is 1.84 bits per heavy atom. The lowest BCUT2D eigenvalue weighted by molar-refractivity contribution is -0.134. The summed E-state index contributed by atoms with van der Waals surface area (Å²) >= 11 is 6.20. The van der Waals surface area contributed by atoms with Crippen LogP contribution in [0.15, 0.2) is 54.7 Å². The average molecular weight is 439 g/mol. The summed E-state index contributed by atoms with van der Waals surface area (Å²) < 4.78 is 5.75. The first-order valence-corrected chi connectivity index (χ1v) is 10.5. The van der Waals surface area contributed by atoms with E-state index in [2.05, 4.69) is 10.3 Å². The summed E-state index contributed by atoms with van der Waals surface area (Å²) in [6.07, 6.45) is 1.66. The number of nitrogens with one attached hydrogen (secondary N) is 1. The lowest BCUT2D eigenvalue weighted by Gasteiger charge is -2.34. The molecule has 8 heteroatoms. The van der Waals surface area contributed by atoms with E-state index in [0.717, 1.165) is 16.6 Å². The molecule has 2 aromatic carbocycles. The van der Waals surface area contributed by atoms with E-state index in [-0.39, 0.29) is 18.5 Å². The van der Waals surface area contributed by atoms with Crippen LogP contribution in [0.3, 0.4) is 0 Å². The average Bonchev–Trinajstić information content (AvgIpc) is 2.79. The standard InChI is InChI=1S/C23H23ClN4O3/c1-16-4-2-5-17(14-16)26-23(30)28-12-10-27(11-13-28)21(29)15-31-20-8-7-19(24)18-6-3-9-25-22(18)20/h2-9,14H,10-13,15H2,1H3,(H,26,30). The van der Waals surface area contributed by atoms with E-state index < -0.39 is 0 Å². The first-order chi connectivity index (χ1) is 15.0. The Labute approximate surface area is 185 Å². The molecule has 4 rings (SSSR count). The van der Waals surface area contributed by atoms with E-state index in [1.807, 2.05) is 37.3 Å². The SMILES string of the molecule is Cc1cccc(NC(=O)N2CCN(C(=O)COc3ccc(Cl)c4cccnc34)CC2)c1. The molecule has 1 aliphatic rings. The van der Waals surface area contributed by atoms with Gasteiger partial charge in [0.15, 0.2) is 6.61 Å². The van der Waals surface area contributed by atoms with Gasteiger partial charge < -0.3 is 19.9 Å². The molecule has 31 heavy (non-hydrogen) atoms. The Bertz CT molecular complexity index is 1110. The zero-order valence-corrected chi connectivity index (χ0v) is 17.9. The van der Waals surface area contributed by atoms with Crippen molar-refractivity contribution >= 4 is 40.1 Å². The van der Waals surface area contributed by atoms with E-state index in [1.165, 1.54) is 0 Å². The van der Waals surface area contributed by atoms with Crippen LogP contribution in [-0.4, -0.2) is 59.5 Å². The summed E-state index contributed by atoms with van der Waals surface area (Å²) in [6.45, 7) is 3.74. The van der Waals surface area contributed by atoms with Crippen molar-refractivity contribution < 1.29 is 14.3 Å². The Balaban J connectivity index is 1.30. The van der Waals surface area contributed by atoms with Crippen molar-refractivity contribution in [2.45, 2.75) is 6.92 Å². The van der Waals surface area contributed by atoms with Crippen LogP contribution in [0.5, 0.6) is 5.75 Å². The van der Waals surface area contributed by atoms with Gasteiger partial charge in [0.25, 0.3) is 5.91 Å². The Kier molecular flexibility index (Phi) is 6.23. The minimum Gasteiger partial charge on any atom is -0.481 e. The molecule has 3 amide bonds. The lowest BCUT2D eigenvalue weighted by Crippen LogP contribution is -2.52. The van der Waals surface area contributed by atoms with Crippen molar-refractivity contribution in [2.75, 3.05) is 38.1 Å². The van der Waals surface area contributed by atoms with Crippen LogP contribution in [-0.2, 0) is 4.79 Å². The predicted octanol–water partition coefficient (Wildman–Crippen LogP) is 3.95. The summed E-state index contributed by atoms with van der Waals surface area (Å²) in [5.41, 5.74) is 2.47. The molecule has 0 aliphatic carbocycles. The van der Waals surface area contributed by atoms with E-state index in [9.17, 15) is 9.59 Å². The molecule has 3 aromatic rings. The molecule has 0 spiro atoms. The molecular weight excluding hydrogens is 416 g/mol. The highest BCUT2D eigenvalue weighted by Gasteiger charge is 2.24. The molecule has 1 N–H and O–H groups in total. The van der Waals surface area contributed by atoms with Gasteiger partial charge in [0.1, 0.15) is 11.3 Å². The van der Waals surface area contributed by atoms with Gasteiger partial charge in [0, 0.05) is 43.4 Å². The number of benzene rings is 2. The van der Waals surface area contributed by atoms with Gasteiger partial charge in [0.05, 0.1) is 5.02 Å². The quantitative estimate of drug-likeness (QED) is 0.669. The minimum absolute atomic E-state index is 0.0944. The largest absolute Gasteiger partial charge is 0.481 e. The molecule has 0 atom stereocenters. The van der Waals surface area contributed by atoms with E-state index in [0.29, 0.717) is 42.5 Å². The van der Waals surface area contributed by atoms with Crippen LogP contribution in [0.2, 0.25) is 5.02 Å². The Morgan fingerprint density at radius 1 is 1.06 bits per heavy atom. The summed E-state index contributed by atoms with van der Waals surface area (Å²) in [7, 11) is 0. The van der Waals surface area contributed by atoms with Gasteiger partial charge in [-0.2, -0.15) is 0 Å². The zero-order chi connectivity index (χ0) is 21.8. The second kappa shape index (κ2) is 9.22. The first-order valence-electron chi connectivity index (χ1n) is 10.1. The predicted molar refractivity (Wildman–Crippen MR) is 121 cm³/mol. The van der Waals surface area contributed by atoms with Crippen LogP contribution in [0.1, 0.15) is 5.56 Å². The number of nitrogens with zero attached hydrogens (tertiary/aromatic N) is 3. The molecule has 0 bridgehead atoms. The number of ether oxygens (including phenoxy) is 1. The highest BCUT2D eigenvalue weighted by molar-refractivity contribution is 6.35. The molecular formula is C23H23ClN4O3. The number of carbonyl (C=O) groups excluding carboxylic acids is 2. The third kappa shape index (κ3) is 4.88. The van der Waals surface area contributed by atoms with E-state index in [1.54, 1.807) is 34.2 Å². The molecule has 160 valence electrons. The fourth-order valence-corrected chi connectivity index (χ4v) is 3.76. The van der Waals surface area contributed by atoms with Gasteiger partial charge in [-0.15, -0.1) is 0 Å². The summed E-state index contributed by atoms with van der Waals surface area (Å²) in [4.78, 5) is 32.8. The van der Waals surface area contributed by atoms with Gasteiger partial charge in [-0.3, -0.25) is 9.78 Å². The number of hydrogen-bond acceptors (Lipinski definition) is 4. The summed E-state index contributed by atoms with van der Waals surface area (Å²) in [6, 6.07) is 14.6. The van der Waals surface area contributed by atoms with Crippen LogP contribution in [0.4, 0.5) is 10.5 Å². The van der Waals surface area contributed by atoms with Crippen molar-refractivity contribution in [3.8, 4) is 5.75 Å². The number of carbonyl (C=O) groups is 2. The number of hydrogen-bond donors (Lipinski definition) is 1. The molecule has 0 saturated carbocycles. The molecule has 1 aliphatic heterocycles. The van der Waals surface area contributed by atoms with Crippen molar-refractivity contribution in [1.82, 2.24) is 14.8 Å². The number of fused-ring (bicyclic) bond motifs is 1. The second-order valence-corrected chi connectivity index (χ2v) is 7.81. The molecule has 0 radical (unpaired) electrons. The molecule has 1 fully saturated rings. The molecule has 1 aromatic heterocycles. The number of aromatic nitrogens is 1. The normalized spacial score (nSPS) is 13.9. The maximum Gasteiger partial charge on any atom is 0.321 e.